The Morgan fingerprint density at radius 3 is 2.62 bits per heavy atom. The fraction of sp³-hybridized carbons (Fsp3) is 0.286. The molecule has 0 nitrogen and oxygen atoms in total. The average Bonchev–Trinajstić information content (AvgIpc) is 1.68. The van der Waals surface area contributed by atoms with Crippen LogP contribution in [-0.2, 0) is 0 Å². The third kappa shape index (κ3) is 3.83. The fourth-order valence-electron chi connectivity index (χ4n) is 0.433. The molecule has 8 heavy (non-hydrogen) atoms. The summed E-state index contributed by atoms with van der Waals surface area (Å²) in [4.78, 5) is 0. The smallest absolute Gasteiger partial charge is 0.0223 e. The van der Waals surface area contributed by atoms with Crippen molar-refractivity contribution in [2.45, 2.75) is 6.92 Å². The lowest BCUT2D eigenvalue weighted by Gasteiger charge is -1.82. The van der Waals surface area contributed by atoms with Gasteiger partial charge in [0.2, 0.25) is 0 Å². The third-order valence-electron chi connectivity index (χ3n) is 0.713. The first kappa shape index (κ1) is 7.65. The fourth-order valence-corrected chi connectivity index (χ4v) is 0.926. The summed E-state index contributed by atoms with van der Waals surface area (Å²) in [5.74, 6) is 2.14. The van der Waals surface area contributed by atoms with Crippen molar-refractivity contribution in [3.05, 3.63) is 24.3 Å². The van der Waals surface area contributed by atoms with Gasteiger partial charge in [-0.3, -0.25) is 0 Å². The molecule has 0 fully saturated rings. The van der Waals surface area contributed by atoms with Crippen LogP contribution >= 0.6 is 8.20 Å². The van der Waals surface area contributed by atoms with Crippen LogP contribution in [0.2, 0.25) is 0 Å². The van der Waals surface area contributed by atoms with Gasteiger partial charge in [-0.2, -0.15) is 0 Å². The molecule has 0 aromatic carbocycles. The van der Waals surface area contributed by atoms with Gasteiger partial charge >= 0.3 is 0 Å². The minimum atomic E-state index is 1.28. The summed E-state index contributed by atoms with van der Waals surface area (Å²) < 4.78 is 0. The SMILES string of the molecule is C=C/C=C(C)\C=P/C. The normalized spacial score (nSPS) is 12.5. The quantitative estimate of drug-likeness (QED) is 0.394. The number of hydrogen-bond acceptors (Lipinski definition) is 0. The standard InChI is InChI=1S/C7H11P/c1-4-5-7(2)6-8-3/h4-6H,1H2,2-3H3/b7-5-. The van der Waals surface area contributed by atoms with Gasteiger partial charge in [0.25, 0.3) is 0 Å². The van der Waals surface area contributed by atoms with Gasteiger partial charge < -0.3 is 0 Å². The lowest BCUT2D eigenvalue weighted by molar-refractivity contribution is 1.64. The molecule has 0 N–H and O–H groups in total. The van der Waals surface area contributed by atoms with Gasteiger partial charge in [0.15, 0.2) is 0 Å². The molecular weight excluding hydrogens is 115 g/mol. The van der Waals surface area contributed by atoms with Crippen molar-refractivity contribution >= 4 is 14.0 Å². The summed E-state index contributed by atoms with van der Waals surface area (Å²) >= 11 is 0. The second-order valence-corrected chi connectivity index (χ2v) is 2.31. The predicted octanol–water partition coefficient (Wildman–Crippen LogP) is 2.50. The second-order valence-electron chi connectivity index (χ2n) is 1.53. The van der Waals surface area contributed by atoms with Gasteiger partial charge in [-0.15, -0.1) is 8.20 Å². The van der Waals surface area contributed by atoms with Crippen LogP contribution in [0.4, 0.5) is 0 Å². The number of allylic oxidation sites excluding steroid dienone is 3. The molecule has 0 saturated heterocycles. The zero-order valence-corrected chi connectivity index (χ0v) is 6.28. The first-order chi connectivity index (χ1) is 3.81. The van der Waals surface area contributed by atoms with E-state index in [-0.39, 0.29) is 0 Å². The molecule has 0 atom stereocenters. The van der Waals surface area contributed by atoms with E-state index in [4.69, 9.17) is 0 Å². The van der Waals surface area contributed by atoms with Crippen LogP contribution in [-0.4, -0.2) is 12.5 Å². The van der Waals surface area contributed by atoms with Crippen LogP contribution in [0.1, 0.15) is 6.92 Å². The molecular formula is C7H11P. The van der Waals surface area contributed by atoms with Crippen molar-refractivity contribution < 1.29 is 0 Å². The molecule has 0 radical (unpaired) electrons. The maximum absolute atomic E-state index is 3.58. The minimum absolute atomic E-state index is 1.28. The molecule has 0 unspecified atom stereocenters. The van der Waals surface area contributed by atoms with Crippen molar-refractivity contribution in [2.75, 3.05) is 6.66 Å². The van der Waals surface area contributed by atoms with Gasteiger partial charge in [-0.25, -0.2) is 0 Å². The Bertz CT molecular complexity index is 120. The van der Waals surface area contributed by atoms with E-state index in [1.54, 1.807) is 6.08 Å². The largest absolute Gasteiger partial charge is 0.108 e. The van der Waals surface area contributed by atoms with Crippen LogP contribution in [0.25, 0.3) is 0 Å². The van der Waals surface area contributed by atoms with Crippen LogP contribution in [0.15, 0.2) is 24.3 Å². The summed E-state index contributed by atoms with van der Waals surface area (Å²) in [7, 11) is 1.31. The van der Waals surface area contributed by atoms with E-state index >= 15 is 0 Å². The molecule has 0 aliphatic rings. The molecule has 0 aromatic heterocycles. The molecule has 0 rings (SSSR count). The third-order valence-corrected chi connectivity index (χ3v) is 1.38. The molecule has 0 spiro atoms. The first-order valence-corrected chi connectivity index (χ1v) is 3.94. The predicted molar refractivity (Wildman–Crippen MR) is 42.9 cm³/mol. The van der Waals surface area contributed by atoms with Crippen LogP contribution in [0, 0.1) is 0 Å². The molecule has 0 aromatic rings. The summed E-state index contributed by atoms with van der Waals surface area (Å²) in [6, 6.07) is 0. The maximum atomic E-state index is 3.58. The van der Waals surface area contributed by atoms with Crippen molar-refractivity contribution in [3.63, 3.8) is 0 Å². The highest BCUT2D eigenvalue weighted by Gasteiger charge is 1.72. The van der Waals surface area contributed by atoms with Crippen molar-refractivity contribution in [3.8, 4) is 0 Å². The van der Waals surface area contributed by atoms with E-state index in [1.807, 2.05) is 6.08 Å². The molecule has 1 heteroatoms. The Labute approximate surface area is 52.7 Å². The molecule has 0 saturated carbocycles. The average molecular weight is 126 g/mol. The Hall–Kier alpha value is -0.350. The summed E-state index contributed by atoms with van der Waals surface area (Å²) in [5, 5.41) is 0. The summed E-state index contributed by atoms with van der Waals surface area (Å²) in [6.45, 7) is 7.75. The molecule has 0 aliphatic heterocycles. The molecule has 0 aliphatic carbocycles. The highest BCUT2D eigenvalue weighted by Crippen LogP contribution is 1.92. The van der Waals surface area contributed by atoms with Crippen molar-refractivity contribution in [1.82, 2.24) is 0 Å². The Morgan fingerprint density at radius 1 is 1.62 bits per heavy atom. The minimum Gasteiger partial charge on any atom is -0.108 e. The van der Waals surface area contributed by atoms with E-state index in [2.05, 4.69) is 26.0 Å². The number of hydrogen-bond donors (Lipinski definition) is 0. The van der Waals surface area contributed by atoms with Crippen LogP contribution < -0.4 is 0 Å². The molecule has 0 amide bonds. The lowest BCUT2D eigenvalue weighted by Crippen LogP contribution is -1.68. The Balaban J connectivity index is 3.79. The van der Waals surface area contributed by atoms with Gasteiger partial charge in [0.1, 0.15) is 0 Å². The lowest BCUT2D eigenvalue weighted by atomic mass is 10.3. The van der Waals surface area contributed by atoms with E-state index in [0.717, 1.165) is 0 Å². The highest BCUT2D eigenvalue weighted by atomic mass is 31.1. The van der Waals surface area contributed by atoms with Crippen molar-refractivity contribution in [1.29, 1.82) is 0 Å². The Morgan fingerprint density at radius 2 is 2.25 bits per heavy atom. The van der Waals surface area contributed by atoms with Crippen LogP contribution in [0.3, 0.4) is 0 Å². The highest BCUT2D eigenvalue weighted by molar-refractivity contribution is 7.38. The van der Waals surface area contributed by atoms with Gasteiger partial charge in [-0.05, 0) is 25.0 Å². The Kier molecular flexibility index (Phi) is 4.59. The second kappa shape index (κ2) is 4.80. The van der Waals surface area contributed by atoms with E-state index in [1.165, 1.54) is 13.8 Å². The summed E-state index contributed by atoms with van der Waals surface area (Å²) in [5.41, 5.74) is 1.28. The number of rotatable bonds is 2. The monoisotopic (exact) mass is 126 g/mol. The van der Waals surface area contributed by atoms with Gasteiger partial charge in [0, 0.05) is 0 Å². The summed E-state index contributed by atoms with van der Waals surface area (Å²) in [6.07, 6.45) is 3.80. The maximum Gasteiger partial charge on any atom is -0.0223 e. The molecule has 44 valence electrons. The van der Waals surface area contributed by atoms with E-state index < -0.39 is 0 Å². The first-order valence-electron chi connectivity index (χ1n) is 2.52. The van der Waals surface area contributed by atoms with E-state index in [9.17, 15) is 0 Å². The van der Waals surface area contributed by atoms with E-state index in [0.29, 0.717) is 0 Å². The van der Waals surface area contributed by atoms with Gasteiger partial charge in [-0.1, -0.05) is 18.7 Å². The molecule has 0 bridgehead atoms. The zero-order chi connectivity index (χ0) is 6.41. The van der Waals surface area contributed by atoms with Crippen LogP contribution in [0.5, 0.6) is 0 Å². The van der Waals surface area contributed by atoms with Gasteiger partial charge in [0.05, 0.1) is 0 Å². The topological polar surface area (TPSA) is 0 Å². The molecule has 0 heterocycles. The van der Waals surface area contributed by atoms with Crippen molar-refractivity contribution in [2.24, 2.45) is 0 Å². The zero-order valence-electron chi connectivity index (χ0n) is 5.39.